The number of alkyl halides is 1. The summed E-state index contributed by atoms with van der Waals surface area (Å²) in [6.45, 7) is 0.113. The third-order valence-electron chi connectivity index (χ3n) is 2.00. The van der Waals surface area contributed by atoms with Crippen LogP contribution in [0.1, 0.15) is 5.56 Å². The third kappa shape index (κ3) is 4.00. The van der Waals surface area contributed by atoms with Crippen LogP contribution < -0.4 is 4.72 Å². The molecule has 96 valence electrons. The van der Waals surface area contributed by atoms with E-state index in [-0.39, 0.29) is 22.0 Å². The molecule has 0 aromatic heterocycles. The van der Waals surface area contributed by atoms with E-state index in [4.69, 9.17) is 28.5 Å². The quantitative estimate of drug-likeness (QED) is 0.670. The number of sulfonamides is 1. The minimum atomic E-state index is -3.73. The number of allylic oxidation sites excluding steroid dienone is 1. The molecule has 0 spiro atoms. The Morgan fingerprint density at radius 1 is 1.39 bits per heavy atom. The highest BCUT2D eigenvalue weighted by molar-refractivity contribution is 7.89. The van der Waals surface area contributed by atoms with Crippen LogP contribution in [-0.4, -0.2) is 20.8 Å². The number of rotatable bonds is 5. The highest BCUT2D eigenvalue weighted by Crippen LogP contribution is 2.22. The van der Waals surface area contributed by atoms with Crippen molar-refractivity contribution in [2.24, 2.45) is 0 Å². The van der Waals surface area contributed by atoms with Gasteiger partial charge in [0, 0.05) is 12.4 Å². The molecule has 1 rings (SSSR count). The van der Waals surface area contributed by atoms with Crippen LogP contribution in [0.2, 0.25) is 5.02 Å². The zero-order valence-electron chi connectivity index (χ0n) is 9.23. The first-order chi connectivity index (χ1) is 8.51. The van der Waals surface area contributed by atoms with E-state index in [1.165, 1.54) is 18.2 Å². The highest BCUT2D eigenvalue weighted by Gasteiger charge is 2.17. The first-order valence-electron chi connectivity index (χ1n) is 4.91. The second kappa shape index (κ2) is 6.76. The minimum Gasteiger partial charge on any atom is -0.207 e. The van der Waals surface area contributed by atoms with E-state index in [0.29, 0.717) is 5.88 Å². The van der Waals surface area contributed by atoms with Gasteiger partial charge in [-0.1, -0.05) is 23.8 Å². The number of nitriles is 1. The Kier molecular flexibility index (Phi) is 5.63. The largest absolute Gasteiger partial charge is 0.242 e. The highest BCUT2D eigenvalue weighted by atomic mass is 35.5. The van der Waals surface area contributed by atoms with Crippen LogP contribution in [0.4, 0.5) is 0 Å². The fourth-order valence-corrected chi connectivity index (χ4v) is 2.79. The molecule has 0 aliphatic carbocycles. The predicted octanol–water partition coefficient (Wildman–Crippen LogP) is 2.28. The van der Waals surface area contributed by atoms with E-state index in [1.54, 1.807) is 12.2 Å². The second-order valence-corrected chi connectivity index (χ2v) is 5.69. The Morgan fingerprint density at radius 2 is 2.11 bits per heavy atom. The maximum atomic E-state index is 11.9. The molecule has 0 radical (unpaired) electrons. The van der Waals surface area contributed by atoms with Crippen LogP contribution in [0.15, 0.2) is 35.2 Å². The zero-order valence-corrected chi connectivity index (χ0v) is 11.6. The minimum absolute atomic E-state index is 0.0721. The van der Waals surface area contributed by atoms with E-state index in [2.05, 4.69) is 4.72 Å². The molecule has 0 unspecified atom stereocenters. The Labute approximate surface area is 116 Å². The number of hydrogen-bond donors (Lipinski definition) is 1. The summed E-state index contributed by atoms with van der Waals surface area (Å²) >= 11 is 11.2. The van der Waals surface area contributed by atoms with Gasteiger partial charge >= 0.3 is 0 Å². The second-order valence-electron chi connectivity index (χ2n) is 3.23. The van der Waals surface area contributed by atoms with E-state index < -0.39 is 10.0 Å². The SMILES string of the molecule is N#Cc1ccc(Cl)c(S(=O)(=O)NC/C=C/CCl)c1. The van der Waals surface area contributed by atoms with Crippen molar-refractivity contribution in [2.45, 2.75) is 4.90 Å². The van der Waals surface area contributed by atoms with Gasteiger partial charge in [-0.15, -0.1) is 11.6 Å². The molecule has 1 aromatic rings. The topological polar surface area (TPSA) is 70.0 Å². The van der Waals surface area contributed by atoms with Crippen molar-refractivity contribution in [3.63, 3.8) is 0 Å². The molecule has 0 saturated carbocycles. The van der Waals surface area contributed by atoms with Crippen LogP contribution in [0, 0.1) is 11.3 Å². The van der Waals surface area contributed by atoms with Crippen molar-refractivity contribution in [1.82, 2.24) is 4.72 Å². The molecule has 0 heterocycles. The number of nitrogens with one attached hydrogen (secondary N) is 1. The predicted molar refractivity (Wildman–Crippen MR) is 71.2 cm³/mol. The first-order valence-corrected chi connectivity index (χ1v) is 7.31. The molecule has 0 aliphatic rings. The van der Waals surface area contributed by atoms with Gasteiger partial charge in [-0.05, 0) is 18.2 Å². The first kappa shape index (κ1) is 15.0. The Balaban J connectivity index is 2.98. The number of halogens is 2. The average molecular weight is 305 g/mol. The van der Waals surface area contributed by atoms with Crippen molar-refractivity contribution < 1.29 is 8.42 Å². The molecule has 1 aromatic carbocycles. The normalized spacial score (nSPS) is 11.6. The van der Waals surface area contributed by atoms with Gasteiger partial charge in [0.2, 0.25) is 10.0 Å². The molecule has 0 amide bonds. The summed E-state index contributed by atoms with van der Waals surface area (Å²) in [6.07, 6.45) is 3.21. The van der Waals surface area contributed by atoms with Gasteiger partial charge in [0.15, 0.2) is 0 Å². The molecule has 0 aliphatic heterocycles. The summed E-state index contributed by atoms with van der Waals surface area (Å²) in [5, 5.41) is 8.80. The summed E-state index contributed by atoms with van der Waals surface area (Å²) in [5.74, 6) is 0.312. The fourth-order valence-electron chi connectivity index (χ4n) is 1.16. The summed E-state index contributed by atoms with van der Waals surface area (Å²) in [5.41, 5.74) is 0.232. The number of hydrogen-bond acceptors (Lipinski definition) is 3. The van der Waals surface area contributed by atoms with E-state index in [9.17, 15) is 8.42 Å². The van der Waals surface area contributed by atoms with Gasteiger partial charge in [-0.2, -0.15) is 5.26 Å². The maximum absolute atomic E-state index is 11.9. The van der Waals surface area contributed by atoms with Crippen LogP contribution >= 0.6 is 23.2 Å². The standard InChI is InChI=1S/C11H10Cl2N2O2S/c12-5-1-2-6-15-18(16,17)11-7-9(8-14)3-4-10(11)13/h1-4,7,15H,5-6H2/b2-1+. The molecule has 1 N–H and O–H groups in total. The molecule has 4 nitrogen and oxygen atoms in total. The van der Waals surface area contributed by atoms with Crippen LogP contribution in [0.3, 0.4) is 0 Å². The molecule has 0 bridgehead atoms. The lowest BCUT2D eigenvalue weighted by Crippen LogP contribution is -2.24. The van der Waals surface area contributed by atoms with Gasteiger partial charge < -0.3 is 0 Å². The Bertz CT molecular complexity index is 592. The lowest BCUT2D eigenvalue weighted by molar-refractivity contribution is 0.585. The third-order valence-corrected chi connectivity index (χ3v) is 4.08. The molecule has 18 heavy (non-hydrogen) atoms. The maximum Gasteiger partial charge on any atom is 0.242 e. The molecule has 7 heteroatoms. The van der Waals surface area contributed by atoms with Crippen LogP contribution in [0.25, 0.3) is 0 Å². The molecular formula is C11H10Cl2N2O2S. The molecule has 0 saturated heterocycles. The fraction of sp³-hybridized carbons (Fsp3) is 0.182. The van der Waals surface area contributed by atoms with Gasteiger partial charge in [0.25, 0.3) is 0 Å². The Hall–Kier alpha value is -1.06. The van der Waals surface area contributed by atoms with Crippen molar-refractivity contribution >= 4 is 33.2 Å². The van der Waals surface area contributed by atoms with Crippen molar-refractivity contribution in [1.29, 1.82) is 5.26 Å². The summed E-state index contributed by atoms with van der Waals surface area (Å²) in [7, 11) is -3.73. The van der Waals surface area contributed by atoms with Crippen molar-refractivity contribution in [3.05, 3.63) is 40.9 Å². The lowest BCUT2D eigenvalue weighted by Gasteiger charge is -2.06. The smallest absolute Gasteiger partial charge is 0.207 e. The van der Waals surface area contributed by atoms with Gasteiger partial charge in [-0.3, -0.25) is 0 Å². The number of benzene rings is 1. The van der Waals surface area contributed by atoms with Crippen molar-refractivity contribution in [2.75, 3.05) is 12.4 Å². The molecular weight excluding hydrogens is 295 g/mol. The van der Waals surface area contributed by atoms with Gasteiger partial charge in [-0.25, -0.2) is 13.1 Å². The summed E-state index contributed by atoms with van der Waals surface area (Å²) in [4.78, 5) is -0.109. The Morgan fingerprint density at radius 3 is 2.72 bits per heavy atom. The van der Waals surface area contributed by atoms with E-state index in [0.717, 1.165) is 0 Å². The number of nitrogens with zero attached hydrogens (tertiary/aromatic N) is 1. The monoisotopic (exact) mass is 304 g/mol. The molecule has 0 fully saturated rings. The average Bonchev–Trinajstić information content (AvgIpc) is 2.35. The van der Waals surface area contributed by atoms with Gasteiger partial charge in [0.1, 0.15) is 4.90 Å². The van der Waals surface area contributed by atoms with E-state index in [1.807, 2.05) is 6.07 Å². The lowest BCUT2D eigenvalue weighted by atomic mass is 10.2. The van der Waals surface area contributed by atoms with Crippen LogP contribution in [0.5, 0.6) is 0 Å². The van der Waals surface area contributed by atoms with Gasteiger partial charge in [0.05, 0.1) is 16.7 Å². The summed E-state index contributed by atoms with van der Waals surface area (Å²) < 4.78 is 26.2. The summed E-state index contributed by atoms with van der Waals surface area (Å²) in [6, 6.07) is 5.92. The zero-order chi connectivity index (χ0) is 13.6. The molecule has 0 atom stereocenters. The van der Waals surface area contributed by atoms with E-state index >= 15 is 0 Å². The van der Waals surface area contributed by atoms with Crippen molar-refractivity contribution in [3.8, 4) is 6.07 Å². The van der Waals surface area contributed by atoms with Crippen LogP contribution in [-0.2, 0) is 10.0 Å².